The highest BCUT2D eigenvalue weighted by atomic mass is 16.5. The molecule has 3 atom stereocenters. The Balaban J connectivity index is 2.12. The zero-order chi connectivity index (χ0) is 13.8. The molecule has 4 nitrogen and oxygen atoms in total. The maximum atomic E-state index is 5.52. The van der Waals surface area contributed by atoms with E-state index < -0.39 is 0 Å². The summed E-state index contributed by atoms with van der Waals surface area (Å²) in [6, 6.07) is 0.506. The lowest BCUT2D eigenvalue weighted by molar-refractivity contribution is 0.252. The molecule has 2 rings (SSSR count). The van der Waals surface area contributed by atoms with Gasteiger partial charge in [-0.15, -0.1) is 0 Å². The number of rotatable bonds is 4. The summed E-state index contributed by atoms with van der Waals surface area (Å²) in [6.45, 7) is 9.30. The molecule has 0 radical (unpaired) electrons. The van der Waals surface area contributed by atoms with Gasteiger partial charge in [-0.2, -0.15) is 0 Å². The van der Waals surface area contributed by atoms with E-state index in [9.17, 15) is 0 Å². The molecule has 1 saturated carbocycles. The van der Waals surface area contributed by atoms with Crippen molar-refractivity contribution in [1.82, 2.24) is 9.97 Å². The Hall–Kier alpha value is -1.32. The number of nitrogens with zero attached hydrogens (tertiary/aromatic N) is 2. The van der Waals surface area contributed by atoms with Crippen molar-refractivity contribution >= 4 is 5.82 Å². The van der Waals surface area contributed by atoms with Crippen molar-refractivity contribution in [3.63, 3.8) is 0 Å². The molecule has 1 heterocycles. The Morgan fingerprint density at radius 1 is 1.32 bits per heavy atom. The van der Waals surface area contributed by atoms with Crippen molar-refractivity contribution in [2.24, 2.45) is 11.8 Å². The van der Waals surface area contributed by atoms with E-state index in [1.807, 2.05) is 13.8 Å². The zero-order valence-electron chi connectivity index (χ0n) is 12.4. The Labute approximate surface area is 116 Å². The molecule has 106 valence electrons. The summed E-state index contributed by atoms with van der Waals surface area (Å²) < 4.78 is 5.52. The van der Waals surface area contributed by atoms with Crippen molar-refractivity contribution in [2.45, 2.75) is 53.0 Å². The van der Waals surface area contributed by atoms with E-state index in [1.54, 1.807) is 6.33 Å². The van der Waals surface area contributed by atoms with Crippen LogP contribution in [0.15, 0.2) is 6.33 Å². The van der Waals surface area contributed by atoms with Gasteiger partial charge >= 0.3 is 0 Å². The first-order chi connectivity index (χ1) is 9.13. The van der Waals surface area contributed by atoms with E-state index >= 15 is 0 Å². The van der Waals surface area contributed by atoms with Crippen LogP contribution >= 0.6 is 0 Å². The van der Waals surface area contributed by atoms with E-state index in [4.69, 9.17) is 4.74 Å². The molecule has 0 aromatic carbocycles. The first-order valence-electron chi connectivity index (χ1n) is 7.34. The Morgan fingerprint density at radius 2 is 2.11 bits per heavy atom. The van der Waals surface area contributed by atoms with Gasteiger partial charge in [0.2, 0.25) is 5.88 Å². The third kappa shape index (κ3) is 3.17. The number of hydrogen-bond acceptors (Lipinski definition) is 4. The van der Waals surface area contributed by atoms with Crippen LogP contribution in [0.3, 0.4) is 0 Å². The largest absolute Gasteiger partial charge is 0.478 e. The van der Waals surface area contributed by atoms with Crippen LogP contribution in [0.2, 0.25) is 0 Å². The normalized spacial score (nSPS) is 27.1. The van der Waals surface area contributed by atoms with Crippen molar-refractivity contribution < 1.29 is 4.74 Å². The lowest BCUT2D eigenvalue weighted by Crippen LogP contribution is -2.35. The second-order valence-corrected chi connectivity index (χ2v) is 5.60. The first-order valence-corrected chi connectivity index (χ1v) is 7.34. The minimum absolute atomic E-state index is 0.506. The summed E-state index contributed by atoms with van der Waals surface area (Å²) in [5.74, 6) is 3.07. The van der Waals surface area contributed by atoms with Crippen molar-refractivity contribution in [3.8, 4) is 5.88 Å². The predicted molar refractivity (Wildman–Crippen MR) is 77.5 cm³/mol. The molecule has 0 bridgehead atoms. The van der Waals surface area contributed by atoms with E-state index in [2.05, 4.69) is 29.1 Å². The standard InChI is InChI=1S/C15H25N3O/c1-5-19-15-12(4)14(16-9-17-15)18-13-8-6-7-10(2)11(13)3/h9-11,13H,5-8H2,1-4H3,(H,16,17,18). The molecule has 1 fully saturated rings. The van der Waals surface area contributed by atoms with Crippen LogP contribution in [-0.4, -0.2) is 22.6 Å². The number of anilines is 1. The average Bonchev–Trinajstić information content (AvgIpc) is 2.40. The van der Waals surface area contributed by atoms with Crippen LogP contribution in [-0.2, 0) is 0 Å². The third-order valence-corrected chi connectivity index (χ3v) is 4.35. The number of hydrogen-bond donors (Lipinski definition) is 1. The predicted octanol–water partition coefficient (Wildman–Crippen LogP) is 3.42. The van der Waals surface area contributed by atoms with Crippen molar-refractivity contribution in [2.75, 3.05) is 11.9 Å². The molecule has 19 heavy (non-hydrogen) atoms. The molecule has 1 aliphatic carbocycles. The number of nitrogens with one attached hydrogen (secondary N) is 1. The second-order valence-electron chi connectivity index (χ2n) is 5.60. The molecule has 1 aliphatic rings. The summed E-state index contributed by atoms with van der Waals surface area (Å²) >= 11 is 0. The van der Waals surface area contributed by atoms with Gasteiger partial charge in [-0.1, -0.05) is 26.7 Å². The van der Waals surface area contributed by atoms with Crippen molar-refractivity contribution in [1.29, 1.82) is 0 Å². The van der Waals surface area contributed by atoms with Gasteiger partial charge in [0.15, 0.2) is 0 Å². The lowest BCUT2D eigenvalue weighted by atomic mass is 9.78. The summed E-state index contributed by atoms with van der Waals surface area (Å²) in [5, 5.41) is 3.60. The molecule has 1 N–H and O–H groups in total. The quantitative estimate of drug-likeness (QED) is 0.904. The van der Waals surface area contributed by atoms with E-state index in [0.717, 1.165) is 17.3 Å². The van der Waals surface area contributed by atoms with Gasteiger partial charge in [0.1, 0.15) is 12.1 Å². The van der Waals surface area contributed by atoms with Crippen LogP contribution < -0.4 is 10.1 Å². The molecule has 1 aromatic heterocycles. The number of ether oxygens (including phenoxy) is 1. The number of aromatic nitrogens is 2. The molecule has 1 aromatic rings. The Bertz CT molecular complexity index is 422. The average molecular weight is 263 g/mol. The topological polar surface area (TPSA) is 47.0 Å². The SMILES string of the molecule is CCOc1ncnc(NC2CCCC(C)C2C)c1C. The van der Waals surface area contributed by atoms with Crippen LogP contribution in [0.5, 0.6) is 5.88 Å². The Kier molecular flexibility index (Phi) is 4.61. The molecule has 4 heteroatoms. The van der Waals surface area contributed by atoms with Gasteiger partial charge in [-0.25, -0.2) is 9.97 Å². The zero-order valence-corrected chi connectivity index (χ0v) is 12.4. The van der Waals surface area contributed by atoms with E-state index in [1.165, 1.54) is 19.3 Å². The van der Waals surface area contributed by atoms with Gasteiger partial charge in [-0.05, 0) is 32.1 Å². The second kappa shape index (κ2) is 6.22. The molecular weight excluding hydrogens is 238 g/mol. The minimum Gasteiger partial charge on any atom is -0.478 e. The van der Waals surface area contributed by atoms with Gasteiger partial charge < -0.3 is 10.1 Å². The summed E-state index contributed by atoms with van der Waals surface area (Å²) in [5.41, 5.74) is 1.01. The van der Waals surface area contributed by atoms with Crippen molar-refractivity contribution in [3.05, 3.63) is 11.9 Å². The smallest absolute Gasteiger partial charge is 0.221 e. The van der Waals surface area contributed by atoms with Gasteiger partial charge in [0, 0.05) is 6.04 Å². The fourth-order valence-corrected chi connectivity index (χ4v) is 2.82. The fraction of sp³-hybridized carbons (Fsp3) is 0.733. The highest BCUT2D eigenvalue weighted by Crippen LogP contribution is 2.32. The summed E-state index contributed by atoms with van der Waals surface area (Å²) in [6.07, 6.45) is 5.44. The summed E-state index contributed by atoms with van der Waals surface area (Å²) in [4.78, 5) is 8.55. The Morgan fingerprint density at radius 3 is 2.84 bits per heavy atom. The van der Waals surface area contributed by atoms with E-state index in [-0.39, 0.29) is 0 Å². The maximum absolute atomic E-state index is 5.52. The molecule has 0 aliphatic heterocycles. The maximum Gasteiger partial charge on any atom is 0.221 e. The van der Waals surface area contributed by atoms with Gasteiger partial charge in [0.05, 0.1) is 12.2 Å². The van der Waals surface area contributed by atoms with E-state index in [0.29, 0.717) is 24.4 Å². The third-order valence-electron chi connectivity index (χ3n) is 4.35. The summed E-state index contributed by atoms with van der Waals surface area (Å²) in [7, 11) is 0. The molecule has 0 saturated heterocycles. The first kappa shape index (κ1) is 14.1. The fourth-order valence-electron chi connectivity index (χ4n) is 2.82. The monoisotopic (exact) mass is 263 g/mol. The minimum atomic E-state index is 0.506. The van der Waals surface area contributed by atoms with Crippen LogP contribution in [0.4, 0.5) is 5.82 Å². The highest BCUT2D eigenvalue weighted by molar-refractivity contribution is 5.48. The van der Waals surface area contributed by atoms with Gasteiger partial charge in [0.25, 0.3) is 0 Å². The van der Waals surface area contributed by atoms with Gasteiger partial charge in [-0.3, -0.25) is 0 Å². The van der Waals surface area contributed by atoms with Crippen LogP contribution in [0.1, 0.15) is 45.6 Å². The molecule has 0 amide bonds. The highest BCUT2D eigenvalue weighted by Gasteiger charge is 2.27. The molecule has 3 unspecified atom stereocenters. The van der Waals surface area contributed by atoms with Crippen LogP contribution in [0, 0.1) is 18.8 Å². The lowest BCUT2D eigenvalue weighted by Gasteiger charge is -2.35. The molecular formula is C15H25N3O. The molecule has 0 spiro atoms. The van der Waals surface area contributed by atoms with Crippen LogP contribution in [0.25, 0.3) is 0 Å².